The number of benzene rings is 5. The predicted octanol–water partition coefficient (Wildman–Crippen LogP) is 7.24. The molecule has 4 aliphatic heterocycles. The number of anilines is 4. The highest BCUT2D eigenvalue weighted by Gasteiger charge is 2.39. The maximum Gasteiger partial charge on any atom is 0.261 e. The van der Waals surface area contributed by atoms with Crippen molar-refractivity contribution >= 4 is 70.0 Å². The Balaban J connectivity index is 0.939. The number of aliphatic imine (C=N–C) groups is 1. The molecule has 0 fully saturated rings. The molecule has 0 bridgehead atoms. The lowest BCUT2D eigenvalue weighted by atomic mass is 10.1. The van der Waals surface area contributed by atoms with E-state index in [0.717, 1.165) is 28.9 Å². The van der Waals surface area contributed by atoms with E-state index in [9.17, 15) is 28.8 Å². The van der Waals surface area contributed by atoms with Crippen molar-refractivity contribution in [2.24, 2.45) is 4.99 Å². The van der Waals surface area contributed by atoms with Crippen LogP contribution in [0.5, 0.6) is 23.0 Å². The number of nitrogens with zero attached hydrogens (tertiary/aromatic N) is 3. The Morgan fingerprint density at radius 1 is 0.694 bits per heavy atom. The normalized spacial score (nSPS) is 16.7. The summed E-state index contributed by atoms with van der Waals surface area (Å²) in [5.74, 6) is -0.290. The monoisotopic (exact) mass is 975 g/mol. The van der Waals surface area contributed by atoms with Gasteiger partial charge in [-0.05, 0) is 105 Å². The van der Waals surface area contributed by atoms with E-state index in [1.165, 1.54) is 35.0 Å². The molecule has 72 heavy (non-hydrogen) atoms. The van der Waals surface area contributed by atoms with Crippen molar-refractivity contribution in [3.8, 4) is 23.0 Å². The second kappa shape index (κ2) is 21.0. The van der Waals surface area contributed by atoms with Crippen molar-refractivity contribution in [3.05, 3.63) is 124 Å². The molecule has 5 aromatic rings. The summed E-state index contributed by atoms with van der Waals surface area (Å²) in [6.07, 6.45) is 4.81. The maximum absolute atomic E-state index is 14.1. The third-order valence-electron chi connectivity index (χ3n) is 13.3. The Kier molecular flexibility index (Phi) is 14.2. The third-order valence-corrected chi connectivity index (χ3v) is 13.3. The molecule has 4 N–H and O–H groups in total. The average Bonchev–Trinajstić information content (AvgIpc) is 3.86. The van der Waals surface area contributed by atoms with Crippen LogP contribution in [0.2, 0.25) is 0 Å². The van der Waals surface area contributed by atoms with Gasteiger partial charge < -0.3 is 49.9 Å². The zero-order chi connectivity index (χ0) is 50.6. The number of amides is 5. The first-order chi connectivity index (χ1) is 34.8. The van der Waals surface area contributed by atoms with Crippen LogP contribution in [0.15, 0.2) is 96.0 Å². The fourth-order valence-corrected chi connectivity index (χ4v) is 9.62. The van der Waals surface area contributed by atoms with Gasteiger partial charge in [-0.1, -0.05) is 36.4 Å². The maximum atomic E-state index is 14.1. The fourth-order valence-electron chi connectivity index (χ4n) is 9.62. The van der Waals surface area contributed by atoms with Crippen molar-refractivity contribution in [2.75, 3.05) is 41.2 Å². The van der Waals surface area contributed by atoms with Gasteiger partial charge in [0, 0.05) is 61.2 Å². The number of rotatable bonds is 18. The summed E-state index contributed by atoms with van der Waals surface area (Å²) < 4.78 is 24.4. The summed E-state index contributed by atoms with van der Waals surface area (Å²) in [7, 11) is 3.01. The van der Waals surface area contributed by atoms with E-state index in [4.69, 9.17) is 23.9 Å². The summed E-state index contributed by atoms with van der Waals surface area (Å²) in [6.45, 7) is 5.09. The number of fused-ring (bicyclic) bond motifs is 8. The fraction of sp³-hybridized carbons (Fsp3) is 0.327. The summed E-state index contributed by atoms with van der Waals surface area (Å²) in [5.41, 5.74) is 7.44. The van der Waals surface area contributed by atoms with Gasteiger partial charge in [-0.25, -0.2) is 0 Å². The number of carbonyl (C=O) groups is 6. The first-order valence-electron chi connectivity index (χ1n) is 24.1. The van der Waals surface area contributed by atoms with Gasteiger partial charge in [0.1, 0.15) is 31.1 Å². The zero-order valence-corrected chi connectivity index (χ0v) is 40.8. The standard InChI is InChI=1S/C55H57N7O10/c1-31(63)12-6-11-17-51(64)58-32(2)52(65)59-33(3)53(66)60-38-19-34(29-71-49-25-43-41(23-47(49)69-4)54(67)61-39(27-56-43)21-36-13-7-9-15-45(36)61)18-35(20-38)30-72-50-26-44-42(24-48(50)70-5)55(68)62-40(28-57-44)22-37-14-8-10-16-46(37)62/h7-10,13-16,18-20,23-27,32-33,39-40,57H,6,11-12,17,21-22,28-30H2,1-5H3,(H,58,64)(H,59,65)(H,60,66)/t32-,33-,39-,40-/m0/s1. The van der Waals surface area contributed by atoms with Gasteiger partial charge in [-0.2, -0.15) is 0 Å². The zero-order valence-electron chi connectivity index (χ0n) is 40.8. The molecular weight excluding hydrogens is 919 g/mol. The van der Waals surface area contributed by atoms with E-state index < -0.39 is 23.9 Å². The SMILES string of the molecule is COc1cc2c(cc1OCc1cc(COc3cc4c(cc3OC)C(=O)N3c5ccccc5C[C@H]3CN4)cc(NC(=O)[C@H](C)NC(=O)[C@H](C)NC(=O)CCCCC(C)=O)c1)N=C[C@@H]1Cc3ccccc3N1C2=O. The van der Waals surface area contributed by atoms with Crippen LogP contribution < -0.4 is 50.0 Å². The average molecular weight is 976 g/mol. The lowest BCUT2D eigenvalue weighted by molar-refractivity contribution is -0.130. The Bertz CT molecular complexity index is 3010. The highest BCUT2D eigenvalue weighted by molar-refractivity contribution is 6.15. The first-order valence-corrected chi connectivity index (χ1v) is 24.1. The summed E-state index contributed by atoms with van der Waals surface area (Å²) in [5, 5.41) is 11.7. The van der Waals surface area contributed by atoms with Crippen LogP contribution in [0.1, 0.15) is 89.4 Å². The Labute approximate surface area is 417 Å². The molecule has 5 amide bonds. The third kappa shape index (κ3) is 10.3. The minimum absolute atomic E-state index is 0.0000288. The van der Waals surface area contributed by atoms with E-state index in [0.29, 0.717) is 94.5 Å². The van der Waals surface area contributed by atoms with E-state index in [1.54, 1.807) is 47.5 Å². The quantitative estimate of drug-likeness (QED) is 0.0644. The van der Waals surface area contributed by atoms with Crippen LogP contribution in [0, 0.1) is 0 Å². The molecule has 0 unspecified atom stereocenters. The van der Waals surface area contributed by atoms with Crippen molar-refractivity contribution in [3.63, 3.8) is 0 Å². The number of hydrogen-bond donors (Lipinski definition) is 4. The number of methoxy groups -OCH3 is 2. The van der Waals surface area contributed by atoms with Crippen molar-refractivity contribution in [1.29, 1.82) is 0 Å². The molecule has 4 atom stereocenters. The van der Waals surface area contributed by atoms with Crippen molar-refractivity contribution < 1.29 is 47.7 Å². The van der Waals surface area contributed by atoms with Crippen LogP contribution in [-0.2, 0) is 45.2 Å². The summed E-state index contributed by atoms with van der Waals surface area (Å²) >= 11 is 0. The van der Waals surface area contributed by atoms with Crippen LogP contribution >= 0.6 is 0 Å². The molecule has 0 saturated heterocycles. The van der Waals surface area contributed by atoms with Crippen LogP contribution in [0.3, 0.4) is 0 Å². The molecular formula is C55H57N7O10. The predicted molar refractivity (Wildman–Crippen MR) is 272 cm³/mol. The number of hydrogen-bond acceptors (Lipinski definition) is 12. The van der Waals surface area contributed by atoms with Gasteiger partial charge in [-0.3, -0.25) is 33.9 Å². The molecule has 0 aliphatic carbocycles. The van der Waals surface area contributed by atoms with Gasteiger partial charge in [0.15, 0.2) is 23.0 Å². The molecule has 0 aromatic heterocycles. The molecule has 5 aromatic carbocycles. The van der Waals surface area contributed by atoms with E-state index in [-0.39, 0.29) is 55.2 Å². The first kappa shape index (κ1) is 48.8. The minimum Gasteiger partial charge on any atom is -0.493 e. The Hall–Kier alpha value is -8.21. The molecule has 0 spiro atoms. The molecule has 0 saturated carbocycles. The van der Waals surface area contributed by atoms with E-state index in [2.05, 4.69) is 21.3 Å². The molecule has 4 aliphatic rings. The van der Waals surface area contributed by atoms with E-state index >= 15 is 0 Å². The molecule has 9 rings (SSSR count). The number of Topliss-reactive ketones (excluding diaryl/α,β-unsaturated/α-hetero) is 1. The summed E-state index contributed by atoms with van der Waals surface area (Å²) in [6, 6.07) is 25.6. The lowest BCUT2D eigenvalue weighted by Crippen LogP contribution is -2.50. The van der Waals surface area contributed by atoms with Crippen LogP contribution in [0.25, 0.3) is 0 Å². The molecule has 372 valence electrons. The summed E-state index contributed by atoms with van der Waals surface area (Å²) in [4.78, 5) is 87.1. The Morgan fingerprint density at radius 3 is 1.97 bits per heavy atom. The van der Waals surface area contributed by atoms with Gasteiger partial charge in [0.05, 0.1) is 48.8 Å². The molecule has 0 radical (unpaired) electrons. The number of unbranched alkanes of at least 4 members (excludes halogenated alkanes) is 1. The minimum atomic E-state index is -1.01. The highest BCUT2D eigenvalue weighted by Crippen LogP contribution is 2.43. The number of carbonyl (C=O) groups excluding carboxylic acids is 6. The lowest BCUT2D eigenvalue weighted by Gasteiger charge is -2.22. The van der Waals surface area contributed by atoms with Crippen molar-refractivity contribution in [1.82, 2.24) is 10.6 Å². The van der Waals surface area contributed by atoms with Gasteiger partial charge in [-0.15, -0.1) is 0 Å². The smallest absolute Gasteiger partial charge is 0.261 e. The Morgan fingerprint density at radius 2 is 1.29 bits per heavy atom. The molecule has 17 heteroatoms. The van der Waals surface area contributed by atoms with Crippen molar-refractivity contribution in [2.45, 2.75) is 96.7 Å². The number of nitrogens with one attached hydrogen (secondary N) is 4. The van der Waals surface area contributed by atoms with Gasteiger partial charge >= 0.3 is 0 Å². The van der Waals surface area contributed by atoms with E-state index in [1.807, 2.05) is 59.5 Å². The van der Waals surface area contributed by atoms with Crippen LogP contribution in [0.4, 0.5) is 28.4 Å². The topological polar surface area (TPSA) is 206 Å². The number of ketones is 1. The highest BCUT2D eigenvalue weighted by atomic mass is 16.5. The number of para-hydroxylation sites is 2. The van der Waals surface area contributed by atoms with Gasteiger partial charge in [0.2, 0.25) is 17.7 Å². The number of ether oxygens (including phenoxy) is 4. The van der Waals surface area contributed by atoms with Gasteiger partial charge in [0.25, 0.3) is 11.8 Å². The molecule has 4 heterocycles. The second-order valence-electron chi connectivity index (χ2n) is 18.5. The van der Waals surface area contributed by atoms with Crippen LogP contribution in [-0.4, -0.2) is 86.5 Å². The molecule has 17 nitrogen and oxygen atoms in total. The largest absolute Gasteiger partial charge is 0.493 e. The second-order valence-corrected chi connectivity index (χ2v) is 18.5.